The molecule has 0 aromatic carbocycles. The summed E-state index contributed by atoms with van der Waals surface area (Å²) in [6, 6.07) is -0.534. The Morgan fingerprint density at radius 3 is 1.09 bits per heavy atom. The van der Waals surface area contributed by atoms with Crippen molar-refractivity contribution in [2.75, 3.05) is 19.8 Å². The minimum Gasteiger partial charge on any atom is -0.459 e. The molecule has 12 nitrogen and oxygen atoms in total. The summed E-state index contributed by atoms with van der Waals surface area (Å²) in [6.07, 6.45) is 1.18. The molecule has 3 atom stereocenters. The SMILES string of the molecule is C=CC(=O)OCC(C)Oc1nc(OC(C)COC(=O)C=C)nc(OC(C)COC(=O)C=C)n1. The molecule has 0 aliphatic rings. The van der Waals surface area contributed by atoms with Crippen LogP contribution in [0, 0.1) is 0 Å². The van der Waals surface area contributed by atoms with Crippen molar-refractivity contribution in [1.29, 1.82) is 0 Å². The van der Waals surface area contributed by atoms with Crippen molar-refractivity contribution >= 4 is 17.9 Å². The maximum Gasteiger partial charge on any atom is 0.330 e. The molecule has 0 radical (unpaired) electrons. The molecular weight excluding hydrogens is 438 g/mol. The summed E-state index contributed by atoms with van der Waals surface area (Å²) in [5, 5.41) is 0. The fourth-order valence-electron chi connectivity index (χ4n) is 1.90. The molecule has 0 fully saturated rings. The van der Waals surface area contributed by atoms with Crippen LogP contribution in [0.2, 0.25) is 0 Å². The molecule has 33 heavy (non-hydrogen) atoms. The molecular formula is C21H27N3O9. The van der Waals surface area contributed by atoms with Crippen molar-refractivity contribution in [2.45, 2.75) is 39.1 Å². The summed E-state index contributed by atoms with van der Waals surface area (Å²) in [4.78, 5) is 45.8. The van der Waals surface area contributed by atoms with Crippen LogP contribution in [0.5, 0.6) is 18.0 Å². The molecule has 3 unspecified atom stereocenters. The van der Waals surface area contributed by atoms with Gasteiger partial charge in [0.25, 0.3) is 0 Å². The summed E-state index contributed by atoms with van der Waals surface area (Å²) in [6.45, 7) is 14.5. The first-order chi connectivity index (χ1) is 15.7. The molecule has 0 spiro atoms. The molecule has 0 saturated carbocycles. The van der Waals surface area contributed by atoms with E-state index in [2.05, 4.69) is 34.7 Å². The average molecular weight is 465 g/mol. The number of esters is 3. The van der Waals surface area contributed by atoms with Gasteiger partial charge in [-0.25, -0.2) is 14.4 Å². The van der Waals surface area contributed by atoms with E-state index < -0.39 is 36.2 Å². The lowest BCUT2D eigenvalue weighted by Crippen LogP contribution is -2.25. The van der Waals surface area contributed by atoms with E-state index in [1.54, 1.807) is 20.8 Å². The van der Waals surface area contributed by atoms with Crippen molar-refractivity contribution in [3.63, 3.8) is 0 Å². The zero-order chi connectivity index (χ0) is 24.8. The Labute approximate surface area is 191 Å². The number of carbonyl (C=O) groups is 3. The topological polar surface area (TPSA) is 145 Å². The van der Waals surface area contributed by atoms with Crippen LogP contribution in [-0.4, -0.2) is 71.0 Å². The predicted molar refractivity (Wildman–Crippen MR) is 114 cm³/mol. The van der Waals surface area contributed by atoms with Gasteiger partial charge in [-0.3, -0.25) is 0 Å². The van der Waals surface area contributed by atoms with E-state index in [9.17, 15) is 14.4 Å². The number of rotatable bonds is 15. The van der Waals surface area contributed by atoms with Gasteiger partial charge in [0.2, 0.25) is 0 Å². The Bertz CT molecular complexity index is 738. The highest BCUT2D eigenvalue weighted by Crippen LogP contribution is 2.18. The second-order valence-corrected chi connectivity index (χ2v) is 6.47. The largest absolute Gasteiger partial charge is 0.459 e. The minimum absolute atomic E-state index is 0.0925. The molecule has 1 rings (SSSR count). The Hall–Kier alpha value is -3.96. The third-order valence-corrected chi connectivity index (χ3v) is 3.37. The maximum atomic E-state index is 11.2. The van der Waals surface area contributed by atoms with Crippen LogP contribution in [-0.2, 0) is 28.6 Å². The highest BCUT2D eigenvalue weighted by molar-refractivity contribution is 5.81. The van der Waals surface area contributed by atoms with Crippen molar-refractivity contribution < 1.29 is 42.8 Å². The molecule has 0 aliphatic heterocycles. The molecule has 1 heterocycles. The van der Waals surface area contributed by atoms with Gasteiger partial charge >= 0.3 is 35.9 Å². The zero-order valence-electron chi connectivity index (χ0n) is 18.7. The van der Waals surface area contributed by atoms with Crippen LogP contribution in [0.15, 0.2) is 38.0 Å². The Morgan fingerprint density at radius 1 is 0.636 bits per heavy atom. The summed E-state index contributed by atoms with van der Waals surface area (Å²) in [7, 11) is 0. The van der Waals surface area contributed by atoms with Gasteiger partial charge in [0, 0.05) is 18.2 Å². The highest BCUT2D eigenvalue weighted by Gasteiger charge is 2.18. The van der Waals surface area contributed by atoms with E-state index in [0.29, 0.717) is 0 Å². The standard InChI is InChI=1S/C21H27N3O9/c1-7-16(25)28-10-13(4)31-19-22-20(32-14(5)11-29-17(26)8-2)24-21(23-19)33-15(6)12-30-18(27)9-3/h7-9,13-15H,1-3,10-12H2,4-6H3. The molecule has 0 aliphatic carbocycles. The van der Waals surface area contributed by atoms with Crippen molar-refractivity contribution in [2.24, 2.45) is 0 Å². The van der Waals surface area contributed by atoms with Crippen LogP contribution in [0.3, 0.4) is 0 Å². The summed E-state index contributed by atoms with van der Waals surface area (Å²) in [5.41, 5.74) is 0. The second-order valence-electron chi connectivity index (χ2n) is 6.47. The number of nitrogens with zero attached hydrogens (tertiary/aromatic N) is 3. The van der Waals surface area contributed by atoms with E-state index >= 15 is 0 Å². The van der Waals surface area contributed by atoms with E-state index in [1.165, 1.54) is 0 Å². The van der Waals surface area contributed by atoms with E-state index in [-0.39, 0.29) is 37.9 Å². The van der Waals surface area contributed by atoms with Gasteiger partial charge in [-0.05, 0) is 20.8 Å². The van der Waals surface area contributed by atoms with Gasteiger partial charge in [-0.15, -0.1) is 15.0 Å². The van der Waals surface area contributed by atoms with Crippen LogP contribution >= 0.6 is 0 Å². The summed E-state index contributed by atoms with van der Waals surface area (Å²) >= 11 is 0. The quantitative estimate of drug-likeness (QED) is 0.209. The van der Waals surface area contributed by atoms with Crippen molar-refractivity contribution in [1.82, 2.24) is 15.0 Å². The van der Waals surface area contributed by atoms with E-state index in [0.717, 1.165) is 18.2 Å². The van der Waals surface area contributed by atoms with Crippen LogP contribution in [0.4, 0.5) is 0 Å². The second kappa shape index (κ2) is 14.2. The van der Waals surface area contributed by atoms with Crippen molar-refractivity contribution in [3.05, 3.63) is 38.0 Å². The predicted octanol–water partition coefficient (Wildman–Crippen LogP) is 1.36. The average Bonchev–Trinajstić information content (AvgIpc) is 2.78. The third kappa shape index (κ3) is 11.3. The first-order valence-corrected chi connectivity index (χ1v) is 9.80. The Balaban J connectivity index is 2.93. The van der Waals surface area contributed by atoms with Crippen LogP contribution < -0.4 is 14.2 Å². The number of carbonyl (C=O) groups excluding carboxylic acids is 3. The highest BCUT2D eigenvalue weighted by atomic mass is 16.6. The molecule has 180 valence electrons. The zero-order valence-corrected chi connectivity index (χ0v) is 18.7. The molecule has 0 saturated heterocycles. The fraction of sp³-hybridized carbons (Fsp3) is 0.429. The summed E-state index contributed by atoms with van der Waals surface area (Å²) in [5.74, 6) is -1.83. The van der Waals surface area contributed by atoms with Gasteiger partial charge in [-0.2, -0.15) is 0 Å². The normalized spacial score (nSPS) is 12.8. The molecule has 0 N–H and O–H groups in total. The molecule has 0 bridgehead atoms. The lowest BCUT2D eigenvalue weighted by atomic mass is 10.4. The first-order valence-electron chi connectivity index (χ1n) is 9.80. The first kappa shape index (κ1) is 27.1. The maximum absolute atomic E-state index is 11.2. The monoisotopic (exact) mass is 465 g/mol. The van der Waals surface area contributed by atoms with Crippen LogP contribution in [0.25, 0.3) is 0 Å². The van der Waals surface area contributed by atoms with Crippen molar-refractivity contribution in [3.8, 4) is 18.0 Å². The van der Waals surface area contributed by atoms with Gasteiger partial charge in [-0.1, -0.05) is 19.7 Å². The number of aromatic nitrogens is 3. The molecule has 12 heteroatoms. The number of ether oxygens (including phenoxy) is 6. The lowest BCUT2D eigenvalue weighted by molar-refractivity contribution is -0.140. The Morgan fingerprint density at radius 2 is 0.879 bits per heavy atom. The fourth-order valence-corrected chi connectivity index (χ4v) is 1.90. The molecule has 0 amide bonds. The number of hydrogen-bond acceptors (Lipinski definition) is 12. The van der Waals surface area contributed by atoms with Gasteiger partial charge in [0.05, 0.1) is 0 Å². The van der Waals surface area contributed by atoms with Gasteiger partial charge in [0.15, 0.2) is 0 Å². The molecule has 1 aromatic heterocycles. The van der Waals surface area contributed by atoms with E-state index in [4.69, 9.17) is 28.4 Å². The molecule has 1 aromatic rings. The smallest absolute Gasteiger partial charge is 0.330 e. The van der Waals surface area contributed by atoms with E-state index in [1.807, 2.05) is 0 Å². The van der Waals surface area contributed by atoms with Crippen LogP contribution in [0.1, 0.15) is 20.8 Å². The lowest BCUT2D eigenvalue weighted by Gasteiger charge is -2.17. The minimum atomic E-state index is -0.631. The third-order valence-electron chi connectivity index (χ3n) is 3.37. The number of hydrogen-bond donors (Lipinski definition) is 0. The Kier molecular flexibility index (Phi) is 11.6. The summed E-state index contributed by atoms with van der Waals surface area (Å²) < 4.78 is 31.4. The van der Waals surface area contributed by atoms with Gasteiger partial charge < -0.3 is 28.4 Å². The van der Waals surface area contributed by atoms with Gasteiger partial charge in [0.1, 0.15) is 38.1 Å².